The number of amides is 2. The molecule has 0 aliphatic carbocycles. The minimum absolute atomic E-state index is 0.0192. The molecular formula is C22H21BrClF2N5O2S. The van der Waals surface area contributed by atoms with E-state index in [1.807, 2.05) is 13.8 Å². The summed E-state index contributed by atoms with van der Waals surface area (Å²) in [6.45, 7) is 3.86. The van der Waals surface area contributed by atoms with Gasteiger partial charge in [0.25, 0.3) is 5.91 Å². The van der Waals surface area contributed by atoms with Gasteiger partial charge in [-0.25, -0.2) is 8.78 Å². The summed E-state index contributed by atoms with van der Waals surface area (Å²) in [6.07, 6.45) is 0. The Labute approximate surface area is 212 Å². The lowest BCUT2D eigenvalue weighted by Crippen LogP contribution is -2.33. The van der Waals surface area contributed by atoms with Gasteiger partial charge in [0.2, 0.25) is 5.91 Å². The van der Waals surface area contributed by atoms with Crippen LogP contribution in [0.15, 0.2) is 46.0 Å². The average molecular weight is 573 g/mol. The van der Waals surface area contributed by atoms with Gasteiger partial charge >= 0.3 is 0 Å². The maximum absolute atomic E-state index is 14.0. The summed E-state index contributed by atoms with van der Waals surface area (Å²) < 4.78 is 29.0. The molecule has 12 heteroatoms. The first-order valence-electron chi connectivity index (χ1n) is 10.1. The molecule has 0 aliphatic rings. The standard InChI is InChI=1S/C22H21BrClF2N5O2S/c1-11(2)18(28-21(33)13-6-4-5-7-15(13)24)20-29-30-22(31(20)3)34-10-17(32)27-19-14(23)8-12(25)9-16(19)26/h4-9,11,18H,10H2,1-3H3,(H,27,32)(H,28,33)/t18-/m0/s1. The van der Waals surface area contributed by atoms with Gasteiger partial charge in [-0.05, 0) is 40.0 Å². The van der Waals surface area contributed by atoms with Crippen molar-refractivity contribution >= 4 is 56.8 Å². The molecular weight excluding hydrogens is 552 g/mol. The van der Waals surface area contributed by atoms with Crippen LogP contribution in [-0.2, 0) is 11.8 Å². The molecule has 0 bridgehead atoms. The topological polar surface area (TPSA) is 88.9 Å². The van der Waals surface area contributed by atoms with Gasteiger partial charge in [0.1, 0.15) is 5.82 Å². The summed E-state index contributed by atoms with van der Waals surface area (Å²) >= 11 is 10.3. The van der Waals surface area contributed by atoms with E-state index in [1.54, 1.807) is 35.9 Å². The Morgan fingerprint density at radius 2 is 1.91 bits per heavy atom. The second kappa shape index (κ2) is 11.3. The average Bonchev–Trinajstić information content (AvgIpc) is 3.13. The second-order valence-electron chi connectivity index (χ2n) is 7.66. The molecule has 0 saturated heterocycles. The van der Waals surface area contributed by atoms with E-state index in [1.165, 1.54) is 0 Å². The van der Waals surface area contributed by atoms with E-state index in [2.05, 4.69) is 36.8 Å². The molecule has 3 aromatic rings. The lowest BCUT2D eigenvalue weighted by Gasteiger charge is -2.22. The lowest BCUT2D eigenvalue weighted by atomic mass is 10.0. The van der Waals surface area contributed by atoms with Crippen LogP contribution in [0.4, 0.5) is 14.5 Å². The molecule has 0 aliphatic heterocycles. The summed E-state index contributed by atoms with van der Waals surface area (Å²) in [7, 11) is 1.73. The van der Waals surface area contributed by atoms with E-state index >= 15 is 0 Å². The Morgan fingerprint density at radius 3 is 2.56 bits per heavy atom. The quantitative estimate of drug-likeness (QED) is 0.355. The van der Waals surface area contributed by atoms with Crippen LogP contribution in [0.5, 0.6) is 0 Å². The van der Waals surface area contributed by atoms with Crippen LogP contribution < -0.4 is 10.6 Å². The van der Waals surface area contributed by atoms with Gasteiger partial charge in [0.15, 0.2) is 16.8 Å². The van der Waals surface area contributed by atoms with Crippen molar-refractivity contribution in [2.45, 2.75) is 25.0 Å². The van der Waals surface area contributed by atoms with Gasteiger partial charge in [0, 0.05) is 17.6 Å². The number of thioether (sulfide) groups is 1. The number of rotatable bonds is 8. The van der Waals surface area contributed by atoms with Gasteiger partial charge < -0.3 is 15.2 Å². The molecule has 2 amide bonds. The third kappa shape index (κ3) is 6.13. The fourth-order valence-electron chi connectivity index (χ4n) is 3.08. The summed E-state index contributed by atoms with van der Waals surface area (Å²) in [5, 5.41) is 14.5. The molecule has 180 valence electrons. The van der Waals surface area contributed by atoms with Crippen molar-refractivity contribution in [2.24, 2.45) is 13.0 Å². The van der Waals surface area contributed by atoms with E-state index in [-0.39, 0.29) is 27.7 Å². The number of anilines is 1. The fraction of sp³-hybridized carbons (Fsp3) is 0.273. The molecule has 1 heterocycles. The number of carbonyl (C=O) groups excluding carboxylic acids is 2. The normalized spacial score (nSPS) is 12.0. The summed E-state index contributed by atoms with van der Waals surface area (Å²) in [4.78, 5) is 25.1. The maximum atomic E-state index is 14.0. The van der Waals surface area contributed by atoms with Crippen LogP contribution in [0.3, 0.4) is 0 Å². The highest BCUT2D eigenvalue weighted by Gasteiger charge is 2.26. The summed E-state index contributed by atoms with van der Waals surface area (Å²) in [5.74, 6) is -2.10. The highest BCUT2D eigenvalue weighted by Crippen LogP contribution is 2.28. The predicted octanol–water partition coefficient (Wildman–Crippen LogP) is 5.37. The second-order valence-corrected chi connectivity index (χ2v) is 9.86. The predicted molar refractivity (Wildman–Crippen MR) is 131 cm³/mol. The van der Waals surface area contributed by atoms with Gasteiger partial charge in [-0.15, -0.1) is 10.2 Å². The molecule has 0 radical (unpaired) electrons. The minimum Gasteiger partial charge on any atom is -0.342 e. The van der Waals surface area contributed by atoms with Crippen molar-refractivity contribution in [1.82, 2.24) is 20.1 Å². The molecule has 1 aromatic heterocycles. The highest BCUT2D eigenvalue weighted by atomic mass is 79.9. The molecule has 2 N–H and O–H groups in total. The molecule has 0 fully saturated rings. The molecule has 34 heavy (non-hydrogen) atoms. The van der Waals surface area contributed by atoms with E-state index in [9.17, 15) is 18.4 Å². The van der Waals surface area contributed by atoms with Crippen molar-refractivity contribution in [3.63, 3.8) is 0 Å². The Bertz CT molecular complexity index is 1200. The summed E-state index contributed by atoms with van der Waals surface area (Å²) in [5.41, 5.74) is 0.204. The Balaban J connectivity index is 1.69. The van der Waals surface area contributed by atoms with E-state index in [4.69, 9.17) is 11.6 Å². The molecule has 3 rings (SSSR count). The van der Waals surface area contributed by atoms with Gasteiger partial charge in [-0.3, -0.25) is 9.59 Å². The van der Waals surface area contributed by atoms with Gasteiger partial charge in [0.05, 0.1) is 28.1 Å². The molecule has 0 unspecified atom stereocenters. The Kier molecular flexibility index (Phi) is 8.67. The molecule has 0 spiro atoms. The van der Waals surface area contributed by atoms with Crippen molar-refractivity contribution in [1.29, 1.82) is 0 Å². The minimum atomic E-state index is -0.889. The number of benzene rings is 2. The van der Waals surface area contributed by atoms with Gasteiger partial charge in [-0.2, -0.15) is 0 Å². The zero-order valence-electron chi connectivity index (χ0n) is 18.4. The molecule has 2 aromatic carbocycles. The number of hydrogen-bond donors (Lipinski definition) is 2. The van der Waals surface area contributed by atoms with Crippen molar-refractivity contribution in [2.75, 3.05) is 11.1 Å². The number of carbonyl (C=O) groups is 2. The smallest absolute Gasteiger partial charge is 0.253 e. The van der Waals surface area contributed by atoms with Gasteiger partial charge in [-0.1, -0.05) is 49.3 Å². The molecule has 7 nitrogen and oxygen atoms in total. The first kappa shape index (κ1) is 26.1. The Hall–Kier alpha value is -2.50. The van der Waals surface area contributed by atoms with Crippen LogP contribution in [0.1, 0.15) is 36.1 Å². The number of aromatic nitrogens is 3. The van der Waals surface area contributed by atoms with E-state index in [0.29, 0.717) is 27.6 Å². The van der Waals surface area contributed by atoms with Crippen LogP contribution >= 0.6 is 39.3 Å². The number of nitrogens with one attached hydrogen (secondary N) is 2. The fourth-order valence-corrected chi connectivity index (χ4v) is 4.53. The zero-order valence-corrected chi connectivity index (χ0v) is 21.6. The van der Waals surface area contributed by atoms with Crippen molar-refractivity contribution in [3.05, 3.63) is 68.9 Å². The number of nitrogens with zero attached hydrogens (tertiary/aromatic N) is 3. The monoisotopic (exact) mass is 571 g/mol. The maximum Gasteiger partial charge on any atom is 0.253 e. The van der Waals surface area contributed by atoms with Crippen molar-refractivity contribution in [3.8, 4) is 0 Å². The zero-order chi connectivity index (χ0) is 25.0. The van der Waals surface area contributed by atoms with Crippen LogP contribution in [0.25, 0.3) is 0 Å². The molecule has 0 saturated carbocycles. The first-order valence-corrected chi connectivity index (χ1v) is 12.3. The molecule has 1 atom stereocenters. The summed E-state index contributed by atoms with van der Waals surface area (Å²) in [6, 6.07) is 8.02. The number of halogens is 4. The first-order chi connectivity index (χ1) is 16.1. The van der Waals surface area contributed by atoms with E-state index in [0.717, 1.165) is 17.8 Å². The van der Waals surface area contributed by atoms with E-state index < -0.39 is 23.6 Å². The van der Waals surface area contributed by atoms with Crippen molar-refractivity contribution < 1.29 is 18.4 Å². The van der Waals surface area contributed by atoms with Crippen LogP contribution in [0.2, 0.25) is 5.02 Å². The third-order valence-electron chi connectivity index (χ3n) is 4.82. The highest BCUT2D eigenvalue weighted by molar-refractivity contribution is 9.10. The largest absolute Gasteiger partial charge is 0.342 e. The Morgan fingerprint density at radius 1 is 1.21 bits per heavy atom. The van der Waals surface area contributed by atoms with Crippen LogP contribution in [0, 0.1) is 17.6 Å². The lowest BCUT2D eigenvalue weighted by molar-refractivity contribution is -0.113. The number of hydrogen-bond acceptors (Lipinski definition) is 5. The van der Waals surface area contributed by atoms with Crippen LogP contribution in [-0.4, -0.2) is 32.3 Å². The third-order valence-corrected chi connectivity index (χ3v) is 6.80. The SMILES string of the molecule is CC(C)[C@H](NC(=O)c1ccccc1Cl)c1nnc(SCC(=O)Nc2c(F)cc(F)cc2Br)n1C.